The molecule has 0 aromatic heterocycles. The summed E-state index contributed by atoms with van der Waals surface area (Å²) in [7, 11) is 0. The lowest BCUT2D eigenvalue weighted by Gasteiger charge is -2.13. The van der Waals surface area contributed by atoms with Crippen molar-refractivity contribution in [3.05, 3.63) is 0 Å². The Bertz CT molecular complexity index is 132. The van der Waals surface area contributed by atoms with Crippen molar-refractivity contribution in [2.24, 2.45) is 0 Å². The van der Waals surface area contributed by atoms with Gasteiger partial charge in [-0.25, -0.2) is 0 Å². The molecule has 2 fully saturated rings. The van der Waals surface area contributed by atoms with Gasteiger partial charge < -0.3 is 14.9 Å². The van der Waals surface area contributed by atoms with E-state index in [0.717, 1.165) is 25.7 Å². The van der Waals surface area contributed by atoms with Crippen LogP contribution in [-0.4, -0.2) is 34.6 Å². The molecule has 3 heteroatoms. The zero-order valence-electron chi connectivity index (χ0n) is 6.44. The van der Waals surface area contributed by atoms with Gasteiger partial charge in [0.15, 0.2) is 0 Å². The van der Waals surface area contributed by atoms with Gasteiger partial charge in [0, 0.05) is 0 Å². The van der Waals surface area contributed by atoms with Crippen molar-refractivity contribution in [2.45, 2.75) is 50.1 Å². The molecule has 1 aliphatic heterocycles. The fourth-order valence-electron chi connectivity index (χ4n) is 1.79. The molecule has 64 valence electrons. The highest BCUT2D eigenvalue weighted by molar-refractivity contribution is 4.96. The highest BCUT2D eigenvalue weighted by Gasteiger charge is 2.48. The molecule has 1 heterocycles. The minimum atomic E-state index is -0.338. The molecule has 0 bridgehead atoms. The molecule has 0 aromatic carbocycles. The molecule has 1 saturated heterocycles. The summed E-state index contributed by atoms with van der Waals surface area (Å²) in [6.07, 6.45) is 2.86. The van der Waals surface area contributed by atoms with Gasteiger partial charge in [0.1, 0.15) is 12.2 Å². The van der Waals surface area contributed by atoms with Crippen molar-refractivity contribution in [1.29, 1.82) is 0 Å². The third-order valence-electron chi connectivity index (χ3n) is 2.57. The first kappa shape index (κ1) is 7.53. The molecule has 2 N–H and O–H groups in total. The molecular weight excluding hydrogens is 144 g/mol. The molecule has 0 amide bonds. The number of aliphatic hydroxyl groups excluding tert-OH is 2. The number of aliphatic hydroxyl groups is 2. The Morgan fingerprint density at radius 3 is 1.82 bits per heavy atom. The third kappa shape index (κ3) is 1.41. The molecule has 0 spiro atoms. The Morgan fingerprint density at radius 1 is 0.909 bits per heavy atom. The average Bonchev–Trinajstić information content (AvgIpc) is 2.73. The van der Waals surface area contributed by atoms with Crippen LogP contribution in [0.25, 0.3) is 0 Å². The van der Waals surface area contributed by atoms with Gasteiger partial charge >= 0.3 is 0 Å². The molecule has 11 heavy (non-hydrogen) atoms. The largest absolute Gasteiger partial charge is 0.390 e. The Balaban J connectivity index is 1.94. The van der Waals surface area contributed by atoms with Crippen LogP contribution in [0.4, 0.5) is 0 Å². The van der Waals surface area contributed by atoms with Gasteiger partial charge in [-0.1, -0.05) is 12.8 Å². The second-order valence-electron chi connectivity index (χ2n) is 3.48. The van der Waals surface area contributed by atoms with Crippen molar-refractivity contribution in [1.82, 2.24) is 0 Å². The van der Waals surface area contributed by atoms with Crippen molar-refractivity contribution in [3.63, 3.8) is 0 Å². The first-order valence-corrected chi connectivity index (χ1v) is 4.30. The van der Waals surface area contributed by atoms with E-state index in [1.807, 2.05) is 0 Å². The van der Waals surface area contributed by atoms with Gasteiger partial charge in [0.25, 0.3) is 0 Å². The summed E-state index contributed by atoms with van der Waals surface area (Å²) in [5, 5.41) is 18.8. The van der Waals surface area contributed by atoms with Crippen LogP contribution in [0.1, 0.15) is 25.7 Å². The molecular formula is C8H14O3. The molecule has 0 radical (unpaired) electrons. The van der Waals surface area contributed by atoms with Crippen molar-refractivity contribution in [3.8, 4) is 0 Å². The normalized spacial score (nSPS) is 50.7. The number of hydrogen-bond donors (Lipinski definition) is 2. The van der Waals surface area contributed by atoms with E-state index in [2.05, 4.69) is 0 Å². The van der Waals surface area contributed by atoms with Crippen molar-refractivity contribution >= 4 is 0 Å². The lowest BCUT2D eigenvalue weighted by atomic mass is 9.97. The van der Waals surface area contributed by atoms with Crippen LogP contribution < -0.4 is 0 Å². The average molecular weight is 158 g/mol. The van der Waals surface area contributed by atoms with Crippen molar-refractivity contribution in [2.75, 3.05) is 0 Å². The van der Waals surface area contributed by atoms with Crippen LogP contribution in [0.3, 0.4) is 0 Å². The van der Waals surface area contributed by atoms with E-state index in [1.54, 1.807) is 0 Å². The quantitative estimate of drug-likeness (QED) is 0.490. The summed E-state index contributed by atoms with van der Waals surface area (Å²) in [5.74, 6) is 0. The number of hydrogen-bond acceptors (Lipinski definition) is 3. The van der Waals surface area contributed by atoms with E-state index >= 15 is 0 Å². The molecule has 2 aliphatic rings. The van der Waals surface area contributed by atoms with E-state index in [4.69, 9.17) is 4.74 Å². The summed E-state index contributed by atoms with van der Waals surface area (Å²) in [6, 6.07) is 0. The van der Waals surface area contributed by atoms with E-state index in [0.29, 0.717) is 0 Å². The first-order valence-electron chi connectivity index (χ1n) is 4.30. The van der Waals surface area contributed by atoms with Gasteiger partial charge in [-0.2, -0.15) is 0 Å². The lowest BCUT2D eigenvalue weighted by Crippen LogP contribution is -2.26. The van der Waals surface area contributed by atoms with E-state index in [1.165, 1.54) is 0 Å². The second kappa shape index (κ2) is 2.73. The molecule has 4 unspecified atom stereocenters. The number of fused-ring (bicyclic) bond motifs is 1. The predicted octanol–water partition coefficient (Wildman–Crippen LogP) is 0.0496. The van der Waals surface area contributed by atoms with Crippen LogP contribution in [0.15, 0.2) is 0 Å². The van der Waals surface area contributed by atoms with Crippen LogP contribution >= 0.6 is 0 Å². The van der Waals surface area contributed by atoms with E-state index in [-0.39, 0.29) is 24.4 Å². The summed E-state index contributed by atoms with van der Waals surface area (Å²) in [5.41, 5.74) is 0. The van der Waals surface area contributed by atoms with Gasteiger partial charge in [0.05, 0.1) is 12.2 Å². The highest BCUT2D eigenvalue weighted by Crippen LogP contribution is 2.34. The molecule has 1 aliphatic carbocycles. The topological polar surface area (TPSA) is 53.0 Å². The molecule has 0 aromatic rings. The second-order valence-corrected chi connectivity index (χ2v) is 3.48. The minimum absolute atomic E-state index is 0.0645. The standard InChI is InChI=1S/C8H14O3/c9-5-3-1-2-4-6(10)8-7(5)11-8/h5-10H,1-4H2. The Labute approximate surface area is 66.0 Å². The van der Waals surface area contributed by atoms with Gasteiger partial charge in [0.2, 0.25) is 0 Å². The fraction of sp³-hybridized carbons (Fsp3) is 1.00. The number of rotatable bonds is 0. The van der Waals surface area contributed by atoms with E-state index in [9.17, 15) is 10.2 Å². The fourth-order valence-corrected chi connectivity index (χ4v) is 1.79. The summed E-state index contributed by atoms with van der Waals surface area (Å²) in [4.78, 5) is 0. The molecule has 2 rings (SSSR count). The lowest BCUT2D eigenvalue weighted by molar-refractivity contribution is 0.112. The number of ether oxygens (including phenoxy) is 1. The summed E-state index contributed by atoms with van der Waals surface area (Å²) >= 11 is 0. The Hall–Kier alpha value is -0.120. The van der Waals surface area contributed by atoms with Gasteiger partial charge in [-0.15, -0.1) is 0 Å². The minimum Gasteiger partial charge on any atom is -0.390 e. The zero-order valence-corrected chi connectivity index (χ0v) is 6.44. The number of epoxide rings is 1. The monoisotopic (exact) mass is 158 g/mol. The SMILES string of the molecule is OC1CCCCC(O)C2OC12. The zero-order chi connectivity index (χ0) is 7.84. The highest BCUT2D eigenvalue weighted by atomic mass is 16.6. The van der Waals surface area contributed by atoms with E-state index < -0.39 is 0 Å². The van der Waals surface area contributed by atoms with Gasteiger partial charge in [-0.3, -0.25) is 0 Å². The third-order valence-corrected chi connectivity index (χ3v) is 2.57. The summed E-state index contributed by atoms with van der Waals surface area (Å²) < 4.78 is 5.16. The van der Waals surface area contributed by atoms with Crippen LogP contribution in [-0.2, 0) is 4.74 Å². The maximum Gasteiger partial charge on any atom is 0.113 e. The Kier molecular flexibility index (Phi) is 1.87. The van der Waals surface area contributed by atoms with Crippen LogP contribution in [0.5, 0.6) is 0 Å². The first-order chi connectivity index (χ1) is 5.29. The smallest absolute Gasteiger partial charge is 0.113 e. The maximum atomic E-state index is 9.41. The molecule has 3 nitrogen and oxygen atoms in total. The Morgan fingerprint density at radius 2 is 1.36 bits per heavy atom. The van der Waals surface area contributed by atoms with Crippen LogP contribution in [0, 0.1) is 0 Å². The molecule has 4 atom stereocenters. The van der Waals surface area contributed by atoms with Crippen LogP contribution in [0.2, 0.25) is 0 Å². The summed E-state index contributed by atoms with van der Waals surface area (Å²) in [6.45, 7) is 0. The van der Waals surface area contributed by atoms with Gasteiger partial charge in [-0.05, 0) is 12.8 Å². The van der Waals surface area contributed by atoms with Crippen molar-refractivity contribution < 1.29 is 14.9 Å². The predicted molar refractivity (Wildman–Crippen MR) is 39.1 cm³/mol. The molecule has 1 saturated carbocycles. The maximum absolute atomic E-state index is 9.41.